The molecule has 1 aromatic heterocycles. The molecule has 0 aliphatic carbocycles. The number of rotatable bonds is 7. The summed E-state index contributed by atoms with van der Waals surface area (Å²) in [6.45, 7) is 1.99. The number of hydrogen-bond acceptors (Lipinski definition) is 3. The first-order valence-electron chi connectivity index (χ1n) is 8.73. The molecule has 0 aliphatic rings. The topological polar surface area (TPSA) is 42.0 Å². The quantitative estimate of drug-likeness (QED) is 0.475. The van der Waals surface area contributed by atoms with Crippen LogP contribution in [-0.2, 0) is 11.2 Å². The third kappa shape index (κ3) is 5.18. The molecule has 0 saturated heterocycles. The number of Topliss-reactive ketones (excluding diaryl/α,β-unsaturated/α-hetero) is 1. The summed E-state index contributed by atoms with van der Waals surface area (Å²) in [6.07, 6.45) is 4.59. The number of halogens is 2. The SMILES string of the molecule is Cc1ccc(N[C@H](C(=O)CCc2ccncc2)c2ccccc2Br)c(Cl)c1. The largest absolute Gasteiger partial charge is 0.370 e. The van der Waals surface area contributed by atoms with Crippen LogP contribution >= 0.6 is 27.5 Å². The van der Waals surface area contributed by atoms with Gasteiger partial charge in [-0.15, -0.1) is 0 Å². The maximum Gasteiger partial charge on any atom is 0.159 e. The molecule has 0 unspecified atom stereocenters. The lowest BCUT2D eigenvalue weighted by Crippen LogP contribution is -2.22. The zero-order valence-corrected chi connectivity index (χ0v) is 17.3. The van der Waals surface area contributed by atoms with Crippen LogP contribution in [0.4, 0.5) is 5.69 Å². The highest BCUT2D eigenvalue weighted by molar-refractivity contribution is 9.10. The van der Waals surface area contributed by atoms with Gasteiger partial charge in [-0.2, -0.15) is 0 Å². The first-order valence-corrected chi connectivity index (χ1v) is 9.90. The Balaban J connectivity index is 1.85. The fraction of sp³-hybridized carbons (Fsp3) is 0.182. The number of carbonyl (C=O) groups is 1. The Bertz CT molecular complexity index is 931. The van der Waals surface area contributed by atoms with Crippen LogP contribution in [0, 0.1) is 6.92 Å². The van der Waals surface area contributed by atoms with E-state index in [1.165, 1.54) is 0 Å². The van der Waals surface area contributed by atoms with Crippen LogP contribution in [0.15, 0.2) is 71.5 Å². The number of benzene rings is 2. The highest BCUT2D eigenvalue weighted by Crippen LogP contribution is 2.31. The van der Waals surface area contributed by atoms with Crippen LogP contribution in [-0.4, -0.2) is 10.8 Å². The Hall–Kier alpha value is -2.17. The van der Waals surface area contributed by atoms with Gasteiger partial charge < -0.3 is 5.32 Å². The van der Waals surface area contributed by atoms with Crippen molar-refractivity contribution in [2.75, 3.05) is 5.32 Å². The Morgan fingerprint density at radius 3 is 2.59 bits per heavy atom. The lowest BCUT2D eigenvalue weighted by atomic mass is 9.97. The smallest absolute Gasteiger partial charge is 0.159 e. The molecule has 1 atom stereocenters. The molecule has 0 spiro atoms. The lowest BCUT2D eigenvalue weighted by Gasteiger charge is -2.21. The molecule has 0 fully saturated rings. The molecule has 3 aromatic rings. The third-order valence-electron chi connectivity index (χ3n) is 4.37. The molecule has 0 saturated carbocycles. The minimum absolute atomic E-state index is 0.107. The van der Waals surface area contributed by atoms with Crippen molar-refractivity contribution in [3.8, 4) is 0 Å². The molecule has 27 heavy (non-hydrogen) atoms. The van der Waals surface area contributed by atoms with Gasteiger partial charge in [-0.25, -0.2) is 0 Å². The molecular formula is C22H20BrClN2O. The van der Waals surface area contributed by atoms with E-state index >= 15 is 0 Å². The van der Waals surface area contributed by atoms with E-state index in [1.807, 2.05) is 61.5 Å². The Morgan fingerprint density at radius 1 is 1.15 bits per heavy atom. The molecule has 1 heterocycles. The molecule has 0 amide bonds. The van der Waals surface area contributed by atoms with E-state index in [1.54, 1.807) is 12.4 Å². The predicted molar refractivity (Wildman–Crippen MR) is 114 cm³/mol. The minimum Gasteiger partial charge on any atom is -0.370 e. The van der Waals surface area contributed by atoms with Gasteiger partial charge in [0.15, 0.2) is 5.78 Å². The van der Waals surface area contributed by atoms with E-state index in [9.17, 15) is 4.79 Å². The van der Waals surface area contributed by atoms with Crippen LogP contribution in [0.1, 0.15) is 29.2 Å². The number of nitrogens with one attached hydrogen (secondary N) is 1. The summed E-state index contributed by atoms with van der Waals surface area (Å²) in [5, 5.41) is 3.95. The van der Waals surface area contributed by atoms with Crippen LogP contribution in [0.25, 0.3) is 0 Å². The lowest BCUT2D eigenvalue weighted by molar-refractivity contribution is -0.119. The molecule has 1 N–H and O–H groups in total. The van der Waals surface area contributed by atoms with E-state index in [-0.39, 0.29) is 5.78 Å². The number of hydrogen-bond donors (Lipinski definition) is 1. The number of pyridine rings is 1. The van der Waals surface area contributed by atoms with Gasteiger partial charge in [0.05, 0.1) is 10.7 Å². The number of anilines is 1. The molecule has 5 heteroatoms. The first kappa shape index (κ1) is 19.6. The fourth-order valence-electron chi connectivity index (χ4n) is 2.89. The maximum atomic E-state index is 13.1. The van der Waals surface area contributed by atoms with Gasteiger partial charge in [0.2, 0.25) is 0 Å². The summed E-state index contributed by atoms with van der Waals surface area (Å²) in [7, 11) is 0. The van der Waals surface area contributed by atoms with Gasteiger partial charge in [-0.05, 0) is 60.4 Å². The third-order valence-corrected chi connectivity index (χ3v) is 5.41. The molecule has 0 aliphatic heterocycles. The van der Waals surface area contributed by atoms with Crippen LogP contribution in [0.3, 0.4) is 0 Å². The summed E-state index contributed by atoms with van der Waals surface area (Å²) in [4.78, 5) is 17.1. The fourth-order valence-corrected chi connectivity index (χ4v) is 3.70. The van der Waals surface area contributed by atoms with Crippen molar-refractivity contribution in [1.29, 1.82) is 0 Å². The number of ketones is 1. The second-order valence-corrected chi connectivity index (χ2v) is 7.67. The zero-order chi connectivity index (χ0) is 19.2. The monoisotopic (exact) mass is 442 g/mol. The van der Waals surface area contributed by atoms with E-state index in [0.717, 1.165) is 26.9 Å². The van der Waals surface area contributed by atoms with Gasteiger partial charge in [0.1, 0.15) is 6.04 Å². The van der Waals surface area contributed by atoms with Gasteiger partial charge in [-0.3, -0.25) is 9.78 Å². The average molecular weight is 444 g/mol. The normalized spacial score (nSPS) is 11.8. The predicted octanol–water partition coefficient (Wildman–Crippen LogP) is 6.16. The molecule has 0 bridgehead atoms. The first-order chi connectivity index (χ1) is 13.0. The van der Waals surface area contributed by atoms with Crippen LogP contribution in [0.5, 0.6) is 0 Å². The summed E-state index contributed by atoms with van der Waals surface area (Å²) < 4.78 is 0.892. The summed E-state index contributed by atoms with van der Waals surface area (Å²) in [5.74, 6) is 0.107. The van der Waals surface area contributed by atoms with Crippen LogP contribution < -0.4 is 5.32 Å². The molecular weight excluding hydrogens is 424 g/mol. The highest BCUT2D eigenvalue weighted by Gasteiger charge is 2.23. The number of aromatic nitrogens is 1. The average Bonchev–Trinajstić information content (AvgIpc) is 2.67. The number of nitrogens with zero attached hydrogens (tertiary/aromatic N) is 1. The molecule has 2 aromatic carbocycles. The van der Waals surface area contributed by atoms with Gasteiger partial charge >= 0.3 is 0 Å². The minimum atomic E-state index is -0.484. The molecule has 138 valence electrons. The zero-order valence-electron chi connectivity index (χ0n) is 15.0. The molecule has 3 nitrogen and oxygen atoms in total. The highest BCUT2D eigenvalue weighted by atomic mass is 79.9. The Morgan fingerprint density at radius 2 is 1.89 bits per heavy atom. The van der Waals surface area contributed by atoms with Crippen molar-refractivity contribution in [2.24, 2.45) is 0 Å². The van der Waals surface area contributed by atoms with Crippen molar-refractivity contribution in [3.63, 3.8) is 0 Å². The number of aryl methyl sites for hydroxylation is 2. The maximum absolute atomic E-state index is 13.1. The summed E-state index contributed by atoms with van der Waals surface area (Å²) in [5.41, 5.74) is 3.82. The molecule has 0 radical (unpaired) electrons. The number of carbonyl (C=O) groups excluding carboxylic acids is 1. The van der Waals surface area contributed by atoms with Gasteiger partial charge in [-0.1, -0.05) is 51.8 Å². The van der Waals surface area contributed by atoms with Gasteiger partial charge in [0.25, 0.3) is 0 Å². The summed E-state index contributed by atoms with van der Waals surface area (Å²) in [6, 6.07) is 16.9. The second kappa shape index (κ2) is 9.16. The van der Waals surface area contributed by atoms with Crippen molar-refractivity contribution >= 4 is 39.0 Å². The van der Waals surface area contributed by atoms with Crippen LogP contribution in [0.2, 0.25) is 5.02 Å². The van der Waals surface area contributed by atoms with E-state index in [2.05, 4.69) is 26.2 Å². The standard InChI is InChI=1S/C22H20BrClN2O/c1-15-6-8-20(19(24)14-15)26-22(17-4-2-3-5-18(17)23)21(27)9-7-16-10-12-25-13-11-16/h2-6,8,10-14,22,26H,7,9H2,1H3/t22-/m0/s1. The van der Waals surface area contributed by atoms with E-state index in [4.69, 9.17) is 11.6 Å². The van der Waals surface area contributed by atoms with Gasteiger partial charge in [0, 0.05) is 23.3 Å². The van der Waals surface area contributed by atoms with Crippen molar-refractivity contribution in [1.82, 2.24) is 4.98 Å². The van der Waals surface area contributed by atoms with Crippen molar-refractivity contribution in [2.45, 2.75) is 25.8 Å². The second-order valence-electron chi connectivity index (χ2n) is 6.40. The van der Waals surface area contributed by atoms with Crippen molar-refractivity contribution in [3.05, 3.63) is 93.2 Å². The molecule has 3 rings (SSSR count). The van der Waals surface area contributed by atoms with E-state index in [0.29, 0.717) is 17.9 Å². The van der Waals surface area contributed by atoms with Crippen molar-refractivity contribution < 1.29 is 4.79 Å². The Labute approximate surface area is 172 Å². The summed E-state index contributed by atoms with van der Waals surface area (Å²) >= 11 is 9.96. The van der Waals surface area contributed by atoms with E-state index < -0.39 is 6.04 Å². The Kier molecular flexibility index (Phi) is 6.64.